The van der Waals surface area contributed by atoms with Crippen molar-refractivity contribution in [2.45, 2.75) is 13.3 Å². The van der Waals surface area contributed by atoms with Gasteiger partial charge >= 0.3 is 0 Å². The third kappa shape index (κ3) is 3.94. The summed E-state index contributed by atoms with van der Waals surface area (Å²) in [6.07, 6.45) is 0.687. The number of benzene rings is 1. The second kappa shape index (κ2) is 8.07. The number of amides is 1. The fourth-order valence-corrected chi connectivity index (χ4v) is 1.96. The van der Waals surface area contributed by atoms with E-state index in [1.165, 1.54) is 22.9 Å². The summed E-state index contributed by atoms with van der Waals surface area (Å²) in [5, 5.41) is 10.4. The number of halogens is 3. The number of nitrogens with two attached hydrogens (primary N) is 1. The minimum atomic E-state index is -0.516. The van der Waals surface area contributed by atoms with Gasteiger partial charge in [-0.3, -0.25) is 4.79 Å². The van der Waals surface area contributed by atoms with Gasteiger partial charge in [-0.15, -0.1) is 17.5 Å². The van der Waals surface area contributed by atoms with E-state index in [-0.39, 0.29) is 29.0 Å². The summed E-state index contributed by atoms with van der Waals surface area (Å²) in [6, 6.07) is 4.17. The Kier molecular flexibility index (Phi) is 6.73. The molecule has 0 aliphatic carbocycles. The van der Waals surface area contributed by atoms with E-state index >= 15 is 0 Å². The Labute approximate surface area is 138 Å². The second-order valence-corrected chi connectivity index (χ2v) is 4.84. The zero-order valence-electron chi connectivity index (χ0n) is 11.8. The Morgan fingerprint density at radius 2 is 2.23 bits per heavy atom. The molecule has 2 aromatic rings. The van der Waals surface area contributed by atoms with E-state index in [0.29, 0.717) is 30.9 Å². The lowest BCUT2D eigenvalue weighted by Crippen LogP contribution is -2.27. The fraction of sp³-hybridized carbons (Fsp3) is 0.308. The Bertz CT molecular complexity index is 662. The molecular weight excluding hydrogens is 332 g/mol. The predicted octanol–water partition coefficient (Wildman–Crippen LogP) is 1.87. The summed E-state index contributed by atoms with van der Waals surface area (Å²) in [7, 11) is 0. The number of nitrogens with zero attached hydrogens (tertiary/aromatic N) is 3. The van der Waals surface area contributed by atoms with Crippen molar-refractivity contribution in [3.63, 3.8) is 0 Å². The number of aromatic nitrogens is 3. The van der Waals surface area contributed by atoms with Crippen molar-refractivity contribution in [1.82, 2.24) is 20.3 Å². The van der Waals surface area contributed by atoms with E-state index in [9.17, 15) is 9.18 Å². The van der Waals surface area contributed by atoms with Crippen molar-refractivity contribution < 1.29 is 9.18 Å². The highest BCUT2D eigenvalue weighted by molar-refractivity contribution is 6.30. The Morgan fingerprint density at radius 1 is 1.50 bits per heavy atom. The van der Waals surface area contributed by atoms with Crippen LogP contribution in [-0.2, 0) is 0 Å². The van der Waals surface area contributed by atoms with Crippen molar-refractivity contribution in [3.05, 3.63) is 40.4 Å². The Hall–Kier alpha value is -1.70. The fourth-order valence-electron chi connectivity index (χ4n) is 1.79. The maximum Gasteiger partial charge on any atom is 0.273 e. The summed E-state index contributed by atoms with van der Waals surface area (Å²) in [4.78, 5) is 12.0. The van der Waals surface area contributed by atoms with Gasteiger partial charge in [0.2, 0.25) is 0 Å². The molecule has 0 fully saturated rings. The smallest absolute Gasteiger partial charge is 0.273 e. The van der Waals surface area contributed by atoms with Crippen LogP contribution in [0.2, 0.25) is 5.02 Å². The number of hydrogen-bond donors (Lipinski definition) is 2. The lowest BCUT2D eigenvalue weighted by molar-refractivity contribution is 0.0948. The molecule has 22 heavy (non-hydrogen) atoms. The molecule has 1 heterocycles. The molecule has 0 bridgehead atoms. The molecule has 1 amide bonds. The molecule has 0 unspecified atom stereocenters. The van der Waals surface area contributed by atoms with Gasteiger partial charge < -0.3 is 11.1 Å². The molecule has 0 radical (unpaired) electrons. The maximum absolute atomic E-state index is 13.2. The van der Waals surface area contributed by atoms with Crippen LogP contribution >= 0.6 is 24.0 Å². The van der Waals surface area contributed by atoms with Gasteiger partial charge in [-0.2, -0.15) is 0 Å². The standard InChI is InChI=1S/C13H15ClFN5O.ClH/c1-8-12(13(21)17-6-2-5-16)18-19-20(8)9-3-4-11(15)10(14)7-9;/h3-4,7H,2,5-6,16H2,1H3,(H,17,21);1H. The van der Waals surface area contributed by atoms with Crippen LogP contribution < -0.4 is 11.1 Å². The summed E-state index contributed by atoms with van der Waals surface area (Å²) >= 11 is 5.74. The molecule has 1 aromatic carbocycles. The molecule has 9 heteroatoms. The minimum absolute atomic E-state index is 0. The van der Waals surface area contributed by atoms with Crippen LogP contribution in [0.15, 0.2) is 18.2 Å². The second-order valence-electron chi connectivity index (χ2n) is 4.43. The molecule has 0 aliphatic rings. The third-order valence-electron chi connectivity index (χ3n) is 2.92. The molecule has 2 rings (SSSR count). The lowest BCUT2D eigenvalue weighted by Gasteiger charge is -2.05. The van der Waals surface area contributed by atoms with Gasteiger partial charge in [0.25, 0.3) is 5.91 Å². The van der Waals surface area contributed by atoms with Crippen molar-refractivity contribution >= 4 is 29.9 Å². The highest BCUT2D eigenvalue weighted by atomic mass is 35.5. The molecule has 0 spiro atoms. The molecule has 0 aliphatic heterocycles. The normalized spacial score (nSPS) is 10.2. The van der Waals surface area contributed by atoms with Crippen molar-refractivity contribution in [2.24, 2.45) is 5.73 Å². The van der Waals surface area contributed by atoms with Crippen LogP contribution in [0.25, 0.3) is 5.69 Å². The molecular formula is C13H16Cl2FN5O. The van der Waals surface area contributed by atoms with Gasteiger partial charge in [0.1, 0.15) is 5.82 Å². The highest BCUT2D eigenvalue weighted by Gasteiger charge is 2.17. The van der Waals surface area contributed by atoms with Gasteiger partial charge in [0.15, 0.2) is 5.69 Å². The highest BCUT2D eigenvalue weighted by Crippen LogP contribution is 2.20. The zero-order valence-corrected chi connectivity index (χ0v) is 13.4. The van der Waals surface area contributed by atoms with Crippen molar-refractivity contribution in [3.8, 4) is 5.69 Å². The maximum atomic E-state index is 13.2. The first-order valence-electron chi connectivity index (χ1n) is 6.40. The SMILES string of the molecule is Cc1c(C(=O)NCCCN)nnn1-c1ccc(F)c(Cl)c1.Cl. The van der Waals surface area contributed by atoms with E-state index in [2.05, 4.69) is 15.6 Å². The molecule has 1 aromatic heterocycles. The van der Waals surface area contributed by atoms with E-state index in [0.717, 1.165) is 0 Å². The summed E-state index contributed by atoms with van der Waals surface area (Å²) in [5.41, 5.74) is 6.66. The van der Waals surface area contributed by atoms with Crippen molar-refractivity contribution in [1.29, 1.82) is 0 Å². The third-order valence-corrected chi connectivity index (χ3v) is 3.21. The summed E-state index contributed by atoms with van der Waals surface area (Å²) < 4.78 is 14.6. The number of carbonyl (C=O) groups excluding carboxylic acids is 1. The molecule has 6 nitrogen and oxygen atoms in total. The number of nitrogens with one attached hydrogen (secondary N) is 1. The summed E-state index contributed by atoms with van der Waals surface area (Å²) in [5.74, 6) is -0.835. The predicted molar refractivity (Wildman–Crippen MR) is 84.3 cm³/mol. The molecule has 120 valence electrons. The quantitative estimate of drug-likeness (QED) is 0.808. The topological polar surface area (TPSA) is 85.8 Å². The van der Waals surface area contributed by atoms with Gasteiger partial charge in [0.05, 0.1) is 16.4 Å². The van der Waals surface area contributed by atoms with Crippen LogP contribution in [0.1, 0.15) is 22.6 Å². The van der Waals surface area contributed by atoms with Crippen LogP contribution in [0.3, 0.4) is 0 Å². The van der Waals surface area contributed by atoms with Crippen molar-refractivity contribution in [2.75, 3.05) is 13.1 Å². The first kappa shape index (κ1) is 18.3. The van der Waals surface area contributed by atoms with Crippen LogP contribution in [0.5, 0.6) is 0 Å². The van der Waals surface area contributed by atoms with Gasteiger partial charge in [0, 0.05) is 6.54 Å². The molecule has 0 saturated heterocycles. The zero-order chi connectivity index (χ0) is 15.4. The van der Waals surface area contributed by atoms with E-state index < -0.39 is 5.82 Å². The number of hydrogen-bond acceptors (Lipinski definition) is 4. The first-order chi connectivity index (χ1) is 10.0. The average Bonchev–Trinajstić information content (AvgIpc) is 2.84. The molecule has 0 atom stereocenters. The van der Waals surface area contributed by atoms with Gasteiger partial charge in [-0.25, -0.2) is 9.07 Å². The first-order valence-corrected chi connectivity index (χ1v) is 6.78. The number of rotatable bonds is 5. The van der Waals surface area contributed by atoms with Crippen LogP contribution in [-0.4, -0.2) is 34.0 Å². The van der Waals surface area contributed by atoms with E-state index in [4.69, 9.17) is 17.3 Å². The number of carbonyl (C=O) groups is 1. The largest absolute Gasteiger partial charge is 0.351 e. The monoisotopic (exact) mass is 347 g/mol. The van der Waals surface area contributed by atoms with E-state index in [1.54, 1.807) is 6.92 Å². The summed E-state index contributed by atoms with van der Waals surface area (Å²) in [6.45, 7) is 2.68. The van der Waals surface area contributed by atoms with Gasteiger partial charge in [-0.1, -0.05) is 16.8 Å². The van der Waals surface area contributed by atoms with Crippen LogP contribution in [0, 0.1) is 12.7 Å². The molecule has 0 saturated carbocycles. The minimum Gasteiger partial charge on any atom is -0.351 e. The van der Waals surface area contributed by atoms with Crippen LogP contribution in [0.4, 0.5) is 4.39 Å². The average molecular weight is 348 g/mol. The van der Waals surface area contributed by atoms with E-state index in [1.807, 2.05) is 0 Å². The Morgan fingerprint density at radius 3 is 2.86 bits per heavy atom. The molecule has 3 N–H and O–H groups in total. The van der Waals surface area contributed by atoms with Gasteiger partial charge in [-0.05, 0) is 38.1 Å². The Balaban J connectivity index is 0.00000242. The lowest BCUT2D eigenvalue weighted by atomic mass is 10.2.